The van der Waals surface area contributed by atoms with Crippen molar-refractivity contribution in [3.05, 3.63) is 65.0 Å². The second-order valence-corrected chi connectivity index (χ2v) is 7.81. The number of benzene rings is 1. The van der Waals surface area contributed by atoms with E-state index in [1.165, 1.54) is 0 Å². The van der Waals surface area contributed by atoms with E-state index in [2.05, 4.69) is 11.1 Å². The number of carbonyl (C=O) groups excluding carboxylic acids is 1. The zero-order valence-electron chi connectivity index (χ0n) is 16.6. The van der Waals surface area contributed by atoms with Gasteiger partial charge in [-0.05, 0) is 49.6 Å². The highest BCUT2D eigenvalue weighted by molar-refractivity contribution is 5.94. The first kappa shape index (κ1) is 19.6. The number of hydrogen-bond acceptors (Lipinski definition) is 5. The molecular formula is C23H25N3O3. The van der Waals surface area contributed by atoms with Gasteiger partial charge in [0.05, 0.1) is 36.6 Å². The number of amides is 1. The number of hydrogen-bond donors (Lipinski definition) is 0. The normalized spacial score (nSPS) is 23.0. The fourth-order valence-corrected chi connectivity index (χ4v) is 4.26. The molecule has 2 saturated heterocycles. The number of pyridine rings is 1. The summed E-state index contributed by atoms with van der Waals surface area (Å²) in [4.78, 5) is 19.1. The second kappa shape index (κ2) is 8.73. The fourth-order valence-electron chi connectivity index (χ4n) is 4.26. The monoisotopic (exact) mass is 391 g/mol. The van der Waals surface area contributed by atoms with Gasteiger partial charge in [0.25, 0.3) is 5.91 Å². The lowest BCUT2D eigenvalue weighted by atomic mass is 9.91. The van der Waals surface area contributed by atoms with Crippen molar-refractivity contribution in [2.75, 3.05) is 26.3 Å². The van der Waals surface area contributed by atoms with Crippen molar-refractivity contribution in [1.29, 1.82) is 5.26 Å². The molecule has 0 spiro atoms. The van der Waals surface area contributed by atoms with Gasteiger partial charge < -0.3 is 14.4 Å². The average Bonchev–Trinajstić information content (AvgIpc) is 3.32. The van der Waals surface area contributed by atoms with Crippen LogP contribution in [-0.2, 0) is 16.1 Å². The zero-order chi connectivity index (χ0) is 20.2. The molecule has 2 aliphatic heterocycles. The molecule has 2 aromatic rings. The number of aromatic nitrogens is 1. The van der Waals surface area contributed by atoms with Gasteiger partial charge in [-0.15, -0.1) is 0 Å². The Labute approximate surface area is 171 Å². The smallest absolute Gasteiger partial charge is 0.253 e. The summed E-state index contributed by atoms with van der Waals surface area (Å²) in [7, 11) is 0. The maximum Gasteiger partial charge on any atom is 0.253 e. The summed E-state index contributed by atoms with van der Waals surface area (Å²) in [5.74, 6) is 0.716. The van der Waals surface area contributed by atoms with E-state index in [4.69, 9.17) is 14.7 Å². The quantitative estimate of drug-likeness (QED) is 0.708. The number of rotatable bonds is 6. The van der Waals surface area contributed by atoms with Crippen LogP contribution in [-0.4, -0.2) is 48.2 Å². The Bertz CT molecular complexity index is 924. The van der Waals surface area contributed by atoms with Gasteiger partial charge in [0, 0.05) is 36.9 Å². The van der Waals surface area contributed by atoms with E-state index < -0.39 is 0 Å². The summed E-state index contributed by atoms with van der Waals surface area (Å²) >= 11 is 0. The zero-order valence-corrected chi connectivity index (χ0v) is 16.6. The standard InChI is InChI=1S/C23H25N3O3/c1-16-4-2-7-20(25-16)15-28-9-8-19-14-29-22-13-26(12-21(19)22)23(27)18-6-3-5-17(10-18)11-24/h2-7,10,19,21-22H,8-9,12-15H2,1H3/t19-,21-,22-/m0/s1. The van der Waals surface area contributed by atoms with E-state index in [1.807, 2.05) is 30.0 Å². The van der Waals surface area contributed by atoms with Gasteiger partial charge >= 0.3 is 0 Å². The summed E-state index contributed by atoms with van der Waals surface area (Å²) in [6.07, 6.45) is 1.01. The molecule has 1 aromatic heterocycles. The predicted molar refractivity (Wildman–Crippen MR) is 107 cm³/mol. The summed E-state index contributed by atoms with van der Waals surface area (Å²) < 4.78 is 11.8. The molecule has 0 N–H and O–H groups in total. The van der Waals surface area contributed by atoms with Crippen LogP contribution in [0.5, 0.6) is 0 Å². The van der Waals surface area contributed by atoms with Crippen molar-refractivity contribution in [2.45, 2.75) is 26.1 Å². The second-order valence-electron chi connectivity index (χ2n) is 7.81. The van der Waals surface area contributed by atoms with Crippen LogP contribution in [0.15, 0.2) is 42.5 Å². The predicted octanol–water partition coefficient (Wildman–Crippen LogP) is 2.96. The van der Waals surface area contributed by atoms with E-state index in [-0.39, 0.29) is 12.0 Å². The minimum Gasteiger partial charge on any atom is -0.376 e. The fraction of sp³-hybridized carbons (Fsp3) is 0.435. The lowest BCUT2D eigenvalue weighted by Gasteiger charge is -2.20. The number of nitriles is 1. The first-order valence-electron chi connectivity index (χ1n) is 10.1. The van der Waals surface area contributed by atoms with Crippen molar-refractivity contribution >= 4 is 5.91 Å². The van der Waals surface area contributed by atoms with Crippen LogP contribution in [0.3, 0.4) is 0 Å². The minimum absolute atomic E-state index is 0.0272. The van der Waals surface area contributed by atoms with Crippen LogP contribution in [0.2, 0.25) is 0 Å². The summed E-state index contributed by atoms with van der Waals surface area (Å²) in [5.41, 5.74) is 3.01. The highest BCUT2D eigenvalue weighted by atomic mass is 16.5. The molecule has 6 heteroatoms. The Morgan fingerprint density at radius 3 is 3.00 bits per heavy atom. The lowest BCUT2D eigenvalue weighted by Crippen LogP contribution is -2.31. The SMILES string of the molecule is Cc1cccc(COCC[C@H]2CO[C@H]3CN(C(=O)c4cccc(C#N)c4)C[C@@H]23)n1. The highest BCUT2D eigenvalue weighted by Gasteiger charge is 2.44. The van der Waals surface area contributed by atoms with Crippen LogP contribution in [0, 0.1) is 30.1 Å². The molecule has 0 unspecified atom stereocenters. The van der Waals surface area contributed by atoms with Crippen molar-refractivity contribution in [1.82, 2.24) is 9.88 Å². The number of fused-ring (bicyclic) bond motifs is 1. The molecule has 0 saturated carbocycles. The third-order valence-corrected chi connectivity index (χ3v) is 5.79. The highest BCUT2D eigenvalue weighted by Crippen LogP contribution is 2.36. The largest absolute Gasteiger partial charge is 0.376 e. The molecular weight excluding hydrogens is 366 g/mol. The summed E-state index contributed by atoms with van der Waals surface area (Å²) in [5, 5.41) is 9.05. The van der Waals surface area contributed by atoms with Crippen LogP contribution in [0.4, 0.5) is 0 Å². The number of carbonyl (C=O) groups is 1. The molecule has 2 fully saturated rings. The molecule has 1 aromatic carbocycles. The Kier molecular flexibility index (Phi) is 5.89. The van der Waals surface area contributed by atoms with Gasteiger partial charge in [-0.2, -0.15) is 5.26 Å². The Hall–Kier alpha value is -2.75. The first-order valence-corrected chi connectivity index (χ1v) is 10.1. The first-order chi connectivity index (χ1) is 14.1. The van der Waals surface area contributed by atoms with Crippen LogP contribution in [0.25, 0.3) is 0 Å². The molecule has 1 amide bonds. The van der Waals surface area contributed by atoms with Crippen molar-refractivity contribution in [3.63, 3.8) is 0 Å². The maximum absolute atomic E-state index is 12.8. The van der Waals surface area contributed by atoms with Crippen LogP contribution >= 0.6 is 0 Å². The van der Waals surface area contributed by atoms with E-state index in [0.29, 0.717) is 49.3 Å². The molecule has 0 bridgehead atoms. The van der Waals surface area contributed by atoms with Crippen LogP contribution in [0.1, 0.15) is 33.7 Å². The number of likely N-dealkylation sites (tertiary alicyclic amines) is 1. The third kappa shape index (κ3) is 4.47. The van der Waals surface area contributed by atoms with Gasteiger partial charge in [0.1, 0.15) is 0 Å². The molecule has 0 radical (unpaired) electrons. The van der Waals surface area contributed by atoms with Gasteiger partial charge in [0.15, 0.2) is 0 Å². The summed E-state index contributed by atoms with van der Waals surface area (Å²) in [6.45, 7) is 5.19. The number of aryl methyl sites for hydroxylation is 1. The van der Waals surface area contributed by atoms with Crippen LogP contribution < -0.4 is 0 Å². The number of ether oxygens (including phenoxy) is 2. The van der Waals surface area contributed by atoms with Gasteiger partial charge in [-0.3, -0.25) is 9.78 Å². The molecule has 2 aliphatic rings. The molecule has 29 heavy (non-hydrogen) atoms. The van der Waals surface area contributed by atoms with E-state index in [9.17, 15) is 4.79 Å². The molecule has 6 nitrogen and oxygen atoms in total. The molecule has 3 heterocycles. The Balaban J connectivity index is 1.28. The average molecular weight is 391 g/mol. The third-order valence-electron chi connectivity index (χ3n) is 5.79. The Morgan fingerprint density at radius 2 is 2.17 bits per heavy atom. The molecule has 0 aliphatic carbocycles. The minimum atomic E-state index is -0.0272. The maximum atomic E-state index is 12.8. The number of nitrogens with zero attached hydrogens (tertiary/aromatic N) is 3. The summed E-state index contributed by atoms with van der Waals surface area (Å²) in [6, 6.07) is 14.9. The van der Waals surface area contributed by atoms with Gasteiger partial charge in [0.2, 0.25) is 0 Å². The molecule has 4 rings (SSSR count). The van der Waals surface area contributed by atoms with E-state index in [1.54, 1.807) is 24.3 Å². The lowest BCUT2D eigenvalue weighted by molar-refractivity contribution is 0.0646. The Morgan fingerprint density at radius 1 is 1.31 bits per heavy atom. The molecule has 3 atom stereocenters. The topological polar surface area (TPSA) is 75.5 Å². The van der Waals surface area contributed by atoms with Crippen molar-refractivity contribution in [2.24, 2.45) is 11.8 Å². The van der Waals surface area contributed by atoms with Crippen molar-refractivity contribution in [3.8, 4) is 6.07 Å². The van der Waals surface area contributed by atoms with Gasteiger partial charge in [-0.1, -0.05) is 12.1 Å². The van der Waals surface area contributed by atoms with Gasteiger partial charge in [-0.25, -0.2) is 0 Å². The van der Waals surface area contributed by atoms with E-state index in [0.717, 1.165) is 24.4 Å². The molecule has 150 valence electrons. The van der Waals surface area contributed by atoms with Crippen molar-refractivity contribution < 1.29 is 14.3 Å². The van der Waals surface area contributed by atoms with E-state index >= 15 is 0 Å².